The Kier molecular flexibility index (Phi) is 4.29. The van der Waals surface area contributed by atoms with E-state index in [4.69, 9.17) is 0 Å². The molecule has 1 aliphatic carbocycles. The smallest absolute Gasteiger partial charge is 0.0547 e. The largest absolute Gasteiger partial charge is 0.309 e. The lowest BCUT2D eigenvalue weighted by atomic mass is 10.0. The second kappa shape index (κ2) is 7.81. The van der Waals surface area contributed by atoms with Crippen molar-refractivity contribution in [2.45, 2.75) is 0 Å². The molecular weight excluding hydrogens is 446 g/mol. The predicted octanol–water partition coefficient (Wildman–Crippen LogP) is 8.25. The normalized spacial score (nSPS) is 11.8. The first-order valence-corrected chi connectivity index (χ1v) is 12.8. The Morgan fingerprint density at radius 3 is 1.22 bits per heavy atom. The van der Waals surface area contributed by atoms with Crippen LogP contribution in [-0.2, 0) is 0 Å². The van der Waals surface area contributed by atoms with Crippen molar-refractivity contribution in [2.75, 3.05) is 0 Å². The molecule has 0 bridgehead atoms. The van der Waals surface area contributed by atoms with Gasteiger partial charge in [-0.25, -0.2) is 0 Å². The summed E-state index contributed by atoms with van der Waals surface area (Å²) < 4.78 is 2.45. The maximum Gasteiger partial charge on any atom is 0.0547 e. The molecule has 6 aromatic carbocycles. The van der Waals surface area contributed by atoms with E-state index in [1.54, 1.807) is 0 Å². The van der Waals surface area contributed by atoms with E-state index in [9.17, 15) is 0 Å². The summed E-state index contributed by atoms with van der Waals surface area (Å²) in [7, 11) is 0. The van der Waals surface area contributed by atoms with Gasteiger partial charge in [-0.05, 0) is 54.7 Å². The summed E-state index contributed by atoms with van der Waals surface area (Å²) in [6.07, 6.45) is 0. The number of fused-ring (bicyclic) bond motifs is 7. The van der Waals surface area contributed by atoms with Crippen LogP contribution in [0, 0.1) is 41.7 Å². The van der Waals surface area contributed by atoms with Crippen LogP contribution >= 0.6 is 0 Å². The van der Waals surface area contributed by atoms with E-state index in [2.05, 4.69) is 144 Å². The average molecular weight is 470 g/mol. The topological polar surface area (TPSA) is 4.93 Å². The van der Waals surface area contributed by atoms with Gasteiger partial charge in [-0.15, -0.1) is 0 Å². The molecule has 37 heavy (non-hydrogen) atoms. The van der Waals surface area contributed by atoms with Crippen molar-refractivity contribution in [3.05, 3.63) is 181 Å². The van der Waals surface area contributed by atoms with Gasteiger partial charge in [0, 0.05) is 16.0 Å². The van der Waals surface area contributed by atoms with E-state index in [0.717, 1.165) is 0 Å². The number of benzene rings is 6. The van der Waals surface area contributed by atoms with Gasteiger partial charge < -0.3 is 4.57 Å². The summed E-state index contributed by atoms with van der Waals surface area (Å²) in [5.74, 6) is 0. The lowest BCUT2D eigenvalue weighted by Gasteiger charge is -2.11. The maximum atomic E-state index is 2.45. The molecule has 0 N–H and O–H groups in total. The Morgan fingerprint density at radius 1 is 0.297 bits per heavy atom. The summed E-state index contributed by atoms with van der Waals surface area (Å²) in [6, 6.07) is 50.9. The molecule has 0 atom stereocenters. The highest BCUT2D eigenvalue weighted by molar-refractivity contribution is 6.09. The number of hydrogen-bond acceptors (Lipinski definition) is 0. The van der Waals surface area contributed by atoms with Gasteiger partial charge in [0.05, 0.1) is 16.7 Å². The average Bonchev–Trinajstić information content (AvgIpc) is 3.30. The number of rotatable bonds is 1. The van der Waals surface area contributed by atoms with Gasteiger partial charge in [-0.1, -0.05) is 121 Å². The van der Waals surface area contributed by atoms with Gasteiger partial charge in [0.2, 0.25) is 0 Å². The number of para-hydroxylation sites is 2. The van der Waals surface area contributed by atoms with Crippen LogP contribution in [0.5, 0.6) is 0 Å². The molecule has 7 aromatic rings. The molecular formula is C36H23N. The fraction of sp³-hybridized carbons (Fsp3) is 0. The summed E-state index contributed by atoms with van der Waals surface area (Å²) >= 11 is 0. The standard InChI is InChI=1S/C36H23N/c1-2-13-25-24(12-1)26-14-3-4-15-28(26)32-20-11-23-35(36(32)31-19-6-5-16-27(25)31)37-33-21-9-7-17-29(33)30-18-8-10-22-34(30)37/h1-23H. The van der Waals surface area contributed by atoms with Crippen LogP contribution in [-0.4, -0.2) is 4.57 Å². The molecule has 1 aromatic heterocycles. The van der Waals surface area contributed by atoms with Crippen molar-refractivity contribution in [1.29, 1.82) is 0 Å². The fourth-order valence-corrected chi connectivity index (χ4v) is 6.26. The van der Waals surface area contributed by atoms with Gasteiger partial charge in [0.15, 0.2) is 0 Å². The lowest BCUT2D eigenvalue weighted by Crippen LogP contribution is -1.99. The van der Waals surface area contributed by atoms with Gasteiger partial charge >= 0.3 is 0 Å². The van der Waals surface area contributed by atoms with Crippen molar-refractivity contribution in [1.82, 2.24) is 4.57 Å². The van der Waals surface area contributed by atoms with E-state index in [1.807, 2.05) is 0 Å². The number of nitrogens with zero attached hydrogens (tertiary/aromatic N) is 1. The third-order valence-electron chi connectivity index (χ3n) is 7.78. The Balaban J connectivity index is 1.80. The molecule has 1 heterocycles. The van der Waals surface area contributed by atoms with Crippen LogP contribution in [0.1, 0.15) is 0 Å². The van der Waals surface area contributed by atoms with Crippen molar-refractivity contribution in [3.63, 3.8) is 0 Å². The van der Waals surface area contributed by atoms with E-state index in [-0.39, 0.29) is 0 Å². The van der Waals surface area contributed by atoms with E-state index < -0.39 is 0 Å². The second-order valence-corrected chi connectivity index (χ2v) is 9.71. The van der Waals surface area contributed by atoms with Gasteiger partial charge in [-0.3, -0.25) is 0 Å². The number of hydrogen-bond donors (Lipinski definition) is 0. The Bertz CT molecular complexity index is 2360. The van der Waals surface area contributed by atoms with Crippen LogP contribution in [0.25, 0.3) is 27.5 Å². The highest BCUT2D eigenvalue weighted by atomic mass is 15.0. The predicted molar refractivity (Wildman–Crippen MR) is 151 cm³/mol. The third-order valence-corrected chi connectivity index (χ3v) is 7.78. The molecule has 0 aliphatic heterocycles. The quantitative estimate of drug-likeness (QED) is 0.228. The molecule has 1 nitrogen and oxygen atoms in total. The highest BCUT2D eigenvalue weighted by Crippen LogP contribution is 2.32. The van der Waals surface area contributed by atoms with Crippen molar-refractivity contribution >= 4 is 21.8 Å². The van der Waals surface area contributed by atoms with Crippen molar-refractivity contribution < 1.29 is 0 Å². The molecule has 8 rings (SSSR count). The molecule has 0 radical (unpaired) electrons. The first-order chi connectivity index (χ1) is 18.4. The summed E-state index contributed by atoms with van der Waals surface area (Å²) in [5, 5.41) is 12.7. The first-order valence-electron chi connectivity index (χ1n) is 12.8. The lowest BCUT2D eigenvalue weighted by molar-refractivity contribution is 1.14. The van der Waals surface area contributed by atoms with Crippen molar-refractivity contribution in [3.8, 4) is 5.69 Å². The number of aromatic nitrogens is 1. The van der Waals surface area contributed by atoms with Crippen molar-refractivity contribution in [2.24, 2.45) is 0 Å². The zero-order chi connectivity index (χ0) is 24.3. The molecule has 0 saturated carbocycles. The second-order valence-electron chi connectivity index (χ2n) is 9.71. The van der Waals surface area contributed by atoms with Crippen LogP contribution < -0.4 is 0 Å². The molecule has 0 saturated heterocycles. The van der Waals surface area contributed by atoms with E-state index in [0.29, 0.717) is 0 Å². The van der Waals surface area contributed by atoms with Crippen LogP contribution in [0.4, 0.5) is 0 Å². The van der Waals surface area contributed by atoms with Crippen LogP contribution in [0.3, 0.4) is 0 Å². The maximum absolute atomic E-state index is 2.45. The molecule has 1 aliphatic rings. The summed E-state index contributed by atoms with van der Waals surface area (Å²) in [5.41, 5.74) is 3.66. The van der Waals surface area contributed by atoms with Gasteiger partial charge in [0.1, 0.15) is 0 Å². The summed E-state index contributed by atoms with van der Waals surface area (Å²) in [4.78, 5) is 0. The van der Waals surface area contributed by atoms with E-state index in [1.165, 1.54) is 69.2 Å². The minimum atomic E-state index is 1.21. The zero-order valence-corrected chi connectivity index (χ0v) is 20.2. The minimum Gasteiger partial charge on any atom is -0.309 e. The first kappa shape index (κ1) is 20.3. The SMILES string of the molecule is c1ccc2c(c1)=c1ccccc1=c1cccc(-n3c4ccccc4c4ccccc43)c1=c1ccccc1=2. The Hall–Kier alpha value is -4.88. The molecule has 0 fully saturated rings. The summed E-state index contributed by atoms with van der Waals surface area (Å²) in [6.45, 7) is 0. The molecule has 172 valence electrons. The molecule has 0 unspecified atom stereocenters. The van der Waals surface area contributed by atoms with Gasteiger partial charge in [0.25, 0.3) is 0 Å². The fourth-order valence-electron chi connectivity index (χ4n) is 6.26. The minimum absolute atomic E-state index is 1.21. The van der Waals surface area contributed by atoms with Crippen LogP contribution in [0.15, 0.2) is 140 Å². The molecule has 1 heteroatoms. The highest BCUT2D eigenvalue weighted by Gasteiger charge is 2.13. The molecule has 0 amide bonds. The zero-order valence-electron chi connectivity index (χ0n) is 20.2. The molecule has 0 spiro atoms. The van der Waals surface area contributed by atoms with Gasteiger partial charge in [-0.2, -0.15) is 0 Å². The monoisotopic (exact) mass is 469 g/mol. The third kappa shape index (κ3) is 2.86. The Labute approximate surface area is 213 Å². The van der Waals surface area contributed by atoms with E-state index >= 15 is 0 Å². The van der Waals surface area contributed by atoms with Crippen LogP contribution in [0.2, 0.25) is 0 Å². The Morgan fingerprint density at radius 2 is 0.676 bits per heavy atom.